The lowest BCUT2D eigenvalue weighted by molar-refractivity contribution is -0.145. The van der Waals surface area contributed by atoms with Crippen molar-refractivity contribution >= 4 is 23.6 Å². The van der Waals surface area contributed by atoms with Gasteiger partial charge in [0.05, 0.1) is 23.7 Å². The maximum absolute atomic E-state index is 12.1. The van der Waals surface area contributed by atoms with E-state index >= 15 is 0 Å². The molecule has 2 aliphatic rings. The number of thioether (sulfide) groups is 1. The van der Waals surface area contributed by atoms with E-state index in [2.05, 4.69) is 4.98 Å². The maximum Gasteiger partial charge on any atom is 0.309 e. The molecule has 3 rings (SSSR count). The van der Waals surface area contributed by atoms with Gasteiger partial charge in [-0.05, 0) is 25.5 Å². The largest absolute Gasteiger partial charge is 0.466 e. The zero-order valence-corrected chi connectivity index (χ0v) is 13.4. The lowest BCUT2D eigenvalue weighted by Gasteiger charge is -2.24. The normalized spacial score (nSPS) is 27.0. The molecule has 0 N–H and O–H groups in total. The fourth-order valence-electron chi connectivity index (χ4n) is 2.91. The fourth-order valence-corrected chi connectivity index (χ4v) is 4.34. The van der Waals surface area contributed by atoms with Crippen molar-refractivity contribution in [3.63, 3.8) is 0 Å². The third-order valence-electron chi connectivity index (χ3n) is 4.14. The first-order valence-electron chi connectivity index (χ1n) is 7.68. The number of carbonyl (C=O) groups is 2. The predicted octanol–water partition coefficient (Wildman–Crippen LogP) is 1.72. The molecule has 0 spiro atoms. The Balaban J connectivity index is 1.58. The highest BCUT2D eigenvalue weighted by molar-refractivity contribution is 8.01. The second-order valence-electron chi connectivity index (χ2n) is 5.62. The molecule has 1 saturated heterocycles. The molecule has 1 aliphatic heterocycles. The van der Waals surface area contributed by atoms with E-state index in [9.17, 15) is 9.59 Å². The minimum Gasteiger partial charge on any atom is -0.466 e. The number of amides is 1. The highest BCUT2D eigenvalue weighted by Gasteiger charge is 2.53. The third kappa shape index (κ3) is 3.27. The predicted molar refractivity (Wildman–Crippen MR) is 84.1 cm³/mol. The Morgan fingerprint density at radius 1 is 1.50 bits per heavy atom. The quantitative estimate of drug-likeness (QED) is 0.747. The molecule has 2 heterocycles. The number of nitrogens with zero attached hydrogens (tertiary/aromatic N) is 2. The molecule has 6 heteroatoms. The summed E-state index contributed by atoms with van der Waals surface area (Å²) in [5.41, 5.74) is 0.990. The van der Waals surface area contributed by atoms with Gasteiger partial charge >= 0.3 is 5.97 Å². The van der Waals surface area contributed by atoms with Crippen molar-refractivity contribution in [1.29, 1.82) is 0 Å². The topological polar surface area (TPSA) is 59.5 Å². The van der Waals surface area contributed by atoms with Crippen LogP contribution in [0.4, 0.5) is 0 Å². The molecule has 1 amide bonds. The van der Waals surface area contributed by atoms with Gasteiger partial charge in [0.1, 0.15) is 0 Å². The van der Waals surface area contributed by atoms with Gasteiger partial charge in [0.2, 0.25) is 5.91 Å². The monoisotopic (exact) mass is 320 g/mol. The summed E-state index contributed by atoms with van der Waals surface area (Å²) < 4.78 is 5.09. The highest BCUT2D eigenvalue weighted by Crippen LogP contribution is 2.49. The summed E-state index contributed by atoms with van der Waals surface area (Å²) in [6.45, 7) is 2.91. The van der Waals surface area contributed by atoms with E-state index in [-0.39, 0.29) is 29.1 Å². The minimum atomic E-state index is -0.114. The van der Waals surface area contributed by atoms with Crippen LogP contribution < -0.4 is 0 Å². The molecule has 1 aromatic heterocycles. The van der Waals surface area contributed by atoms with Crippen LogP contribution in [0.5, 0.6) is 0 Å². The first kappa shape index (κ1) is 15.3. The zero-order valence-electron chi connectivity index (χ0n) is 12.6. The summed E-state index contributed by atoms with van der Waals surface area (Å²) in [5, 5.41) is 0.116. The van der Waals surface area contributed by atoms with Crippen molar-refractivity contribution in [2.75, 3.05) is 18.9 Å². The van der Waals surface area contributed by atoms with E-state index in [0.717, 1.165) is 18.5 Å². The number of carbonyl (C=O) groups excluding carboxylic acids is 2. The molecule has 1 aromatic rings. The lowest BCUT2D eigenvalue weighted by atomic mass is 10.2. The summed E-state index contributed by atoms with van der Waals surface area (Å²) in [6.07, 6.45) is 3.36. The molecular formula is C16H20N2O3S. The molecule has 3 unspecified atom stereocenters. The lowest BCUT2D eigenvalue weighted by Crippen LogP contribution is -2.36. The number of rotatable bonds is 6. The number of hydrogen-bond donors (Lipinski definition) is 0. The summed E-state index contributed by atoms with van der Waals surface area (Å²) in [6, 6.07) is 5.82. The number of esters is 1. The Morgan fingerprint density at radius 2 is 2.36 bits per heavy atom. The van der Waals surface area contributed by atoms with E-state index in [0.29, 0.717) is 18.9 Å². The Bertz CT molecular complexity index is 552. The van der Waals surface area contributed by atoms with Crippen LogP contribution >= 0.6 is 11.8 Å². The molecule has 3 atom stereocenters. The minimum absolute atomic E-state index is 0.0271. The van der Waals surface area contributed by atoms with Crippen LogP contribution in [-0.4, -0.2) is 46.0 Å². The zero-order chi connectivity index (χ0) is 15.5. The Labute approximate surface area is 134 Å². The van der Waals surface area contributed by atoms with Crippen LogP contribution in [0, 0.1) is 11.8 Å². The van der Waals surface area contributed by atoms with Gasteiger partial charge < -0.3 is 9.64 Å². The van der Waals surface area contributed by atoms with Gasteiger partial charge in [-0.15, -0.1) is 11.8 Å². The molecule has 0 aromatic carbocycles. The van der Waals surface area contributed by atoms with Crippen molar-refractivity contribution in [3.8, 4) is 0 Å². The Kier molecular flexibility index (Phi) is 4.66. The molecule has 0 bridgehead atoms. The van der Waals surface area contributed by atoms with Crippen molar-refractivity contribution < 1.29 is 14.3 Å². The van der Waals surface area contributed by atoms with Crippen LogP contribution in [-0.2, 0) is 20.7 Å². The second kappa shape index (κ2) is 6.69. The van der Waals surface area contributed by atoms with Crippen molar-refractivity contribution in [1.82, 2.24) is 9.88 Å². The second-order valence-corrected chi connectivity index (χ2v) is 6.72. The van der Waals surface area contributed by atoms with E-state index in [1.165, 1.54) is 0 Å². The number of aromatic nitrogens is 1. The van der Waals surface area contributed by atoms with Crippen molar-refractivity contribution in [3.05, 3.63) is 30.1 Å². The van der Waals surface area contributed by atoms with E-state index < -0.39 is 0 Å². The summed E-state index contributed by atoms with van der Waals surface area (Å²) >= 11 is 1.65. The standard InChI is InChI=1S/C16H20N2O3S/c1-2-21-16(20)13-9-12(13)15-18(14(19)10-22-15)8-6-11-5-3-4-7-17-11/h3-5,7,12-13,15H,2,6,8-10H2,1H3. The SMILES string of the molecule is CCOC(=O)C1CC1C1SCC(=O)N1CCc1ccccn1. The first-order valence-corrected chi connectivity index (χ1v) is 8.73. The maximum atomic E-state index is 12.1. The van der Waals surface area contributed by atoms with Gasteiger partial charge in [-0.25, -0.2) is 0 Å². The van der Waals surface area contributed by atoms with E-state index in [1.54, 1.807) is 18.0 Å². The molecule has 1 saturated carbocycles. The Morgan fingerprint density at radius 3 is 3.09 bits per heavy atom. The van der Waals surface area contributed by atoms with E-state index in [1.807, 2.05) is 30.0 Å². The number of hydrogen-bond acceptors (Lipinski definition) is 5. The number of pyridine rings is 1. The van der Waals surface area contributed by atoms with Gasteiger partial charge in [-0.2, -0.15) is 0 Å². The van der Waals surface area contributed by atoms with Gasteiger partial charge in [-0.3, -0.25) is 14.6 Å². The average Bonchev–Trinajstić information content (AvgIpc) is 3.24. The first-order chi connectivity index (χ1) is 10.7. The van der Waals surface area contributed by atoms with Gasteiger partial charge in [0.25, 0.3) is 0 Å². The summed E-state index contributed by atoms with van der Waals surface area (Å²) in [4.78, 5) is 30.1. The van der Waals surface area contributed by atoms with Crippen LogP contribution in [0.15, 0.2) is 24.4 Å². The third-order valence-corrected chi connectivity index (χ3v) is 5.49. The van der Waals surface area contributed by atoms with Gasteiger partial charge in [-0.1, -0.05) is 6.07 Å². The number of ether oxygens (including phenoxy) is 1. The van der Waals surface area contributed by atoms with Crippen molar-refractivity contribution in [2.24, 2.45) is 11.8 Å². The van der Waals surface area contributed by atoms with Gasteiger partial charge in [0.15, 0.2) is 0 Å². The molecule has 1 aliphatic carbocycles. The van der Waals surface area contributed by atoms with E-state index in [4.69, 9.17) is 4.74 Å². The highest BCUT2D eigenvalue weighted by atomic mass is 32.2. The molecular weight excluding hydrogens is 300 g/mol. The fraction of sp³-hybridized carbons (Fsp3) is 0.562. The Hall–Kier alpha value is -1.56. The van der Waals surface area contributed by atoms with Crippen LogP contribution in [0.3, 0.4) is 0 Å². The van der Waals surface area contributed by atoms with Crippen LogP contribution in [0.1, 0.15) is 19.0 Å². The molecule has 0 radical (unpaired) electrons. The molecule has 5 nitrogen and oxygen atoms in total. The summed E-state index contributed by atoms with van der Waals surface area (Å²) in [7, 11) is 0. The van der Waals surface area contributed by atoms with Crippen molar-refractivity contribution in [2.45, 2.75) is 25.1 Å². The van der Waals surface area contributed by atoms with Crippen LogP contribution in [0.2, 0.25) is 0 Å². The average molecular weight is 320 g/mol. The molecule has 118 valence electrons. The molecule has 22 heavy (non-hydrogen) atoms. The molecule has 2 fully saturated rings. The smallest absolute Gasteiger partial charge is 0.309 e. The van der Waals surface area contributed by atoms with Crippen LogP contribution in [0.25, 0.3) is 0 Å². The van der Waals surface area contributed by atoms with Gasteiger partial charge in [0, 0.05) is 30.8 Å². The summed E-state index contributed by atoms with van der Waals surface area (Å²) in [5.74, 6) is 0.788.